The molecule has 1 aromatic rings. The maximum absolute atomic E-state index is 12.6. The quantitative estimate of drug-likeness (QED) is 0.808. The topological polar surface area (TPSA) is 57.6 Å². The largest absolute Gasteiger partial charge is 0.481 e. The van der Waals surface area contributed by atoms with Crippen molar-refractivity contribution in [1.82, 2.24) is 4.90 Å². The first kappa shape index (κ1) is 18.0. The number of piperidine rings is 1. The van der Waals surface area contributed by atoms with Crippen LogP contribution in [-0.2, 0) is 9.59 Å². The second-order valence-corrected chi connectivity index (χ2v) is 7.26. The molecule has 0 aromatic heterocycles. The molecule has 1 aromatic carbocycles. The fraction of sp³-hybridized carbons (Fsp3) is 0.556. The standard InChI is InChI=1S/C18H24BrNO3/c1-13(15-6-2-3-7-16(15)19)11-17(21)20-10-4-5-14(12-20)8-9-18(22)23/h2-3,6-7,13-14H,4-5,8-12H2,1H3,(H,22,23)/t13-,14-/m0/s1. The van der Waals surface area contributed by atoms with Crippen molar-refractivity contribution in [2.24, 2.45) is 5.92 Å². The minimum Gasteiger partial charge on any atom is -0.481 e. The second kappa shape index (κ2) is 8.48. The van der Waals surface area contributed by atoms with Gasteiger partial charge in [-0.25, -0.2) is 0 Å². The number of carbonyl (C=O) groups is 2. The lowest BCUT2D eigenvalue weighted by Gasteiger charge is -2.33. The third-order valence-corrected chi connectivity index (χ3v) is 5.28. The molecular formula is C18H24BrNO3. The number of benzene rings is 1. The Bertz CT molecular complexity index is 561. The highest BCUT2D eigenvalue weighted by molar-refractivity contribution is 9.10. The molecule has 1 saturated heterocycles. The van der Waals surface area contributed by atoms with Gasteiger partial charge in [0.2, 0.25) is 5.91 Å². The van der Waals surface area contributed by atoms with E-state index in [9.17, 15) is 9.59 Å². The van der Waals surface area contributed by atoms with E-state index in [0.29, 0.717) is 25.3 Å². The summed E-state index contributed by atoms with van der Waals surface area (Å²) in [5.41, 5.74) is 1.15. The van der Waals surface area contributed by atoms with Crippen molar-refractivity contribution in [2.75, 3.05) is 13.1 Å². The smallest absolute Gasteiger partial charge is 0.303 e. The van der Waals surface area contributed by atoms with E-state index >= 15 is 0 Å². The van der Waals surface area contributed by atoms with Gasteiger partial charge in [0.15, 0.2) is 0 Å². The van der Waals surface area contributed by atoms with Gasteiger partial charge in [0, 0.05) is 30.4 Å². The molecule has 1 aliphatic heterocycles. The van der Waals surface area contributed by atoms with Gasteiger partial charge in [-0.2, -0.15) is 0 Å². The molecular weight excluding hydrogens is 358 g/mol. The molecule has 2 rings (SSSR count). The van der Waals surface area contributed by atoms with Crippen LogP contribution in [0, 0.1) is 5.92 Å². The number of nitrogens with zero attached hydrogens (tertiary/aromatic N) is 1. The van der Waals surface area contributed by atoms with Gasteiger partial charge in [-0.05, 0) is 42.7 Å². The van der Waals surface area contributed by atoms with Gasteiger partial charge in [0.1, 0.15) is 0 Å². The molecule has 0 radical (unpaired) electrons. The van der Waals surface area contributed by atoms with Crippen LogP contribution < -0.4 is 0 Å². The van der Waals surface area contributed by atoms with Crippen LogP contribution in [0.3, 0.4) is 0 Å². The highest BCUT2D eigenvalue weighted by Gasteiger charge is 2.25. The molecule has 1 heterocycles. The Morgan fingerprint density at radius 3 is 2.83 bits per heavy atom. The van der Waals surface area contributed by atoms with Crippen LogP contribution in [-0.4, -0.2) is 35.0 Å². The first-order valence-electron chi connectivity index (χ1n) is 8.21. The first-order valence-corrected chi connectivity index (χ1v) is 9.00. The summed E-state index contributed by atoms with van der Waals surface area (Å²) < 4.78 is 1.04. The summed E-state index contributed by atoms with van der Waals surface area (Å²) in [6.45, 7) is 3.57. The van der Waals surface area contributed by atoms with Crippen LogP contribution in [0.25, 0.3) is 0 Å². The Morgan fingerprint density at radius 1 is 1.39 bits per heavy atom. The predicted octanol–water partition coefficient (Wildman–Crippen LogP) is 4.05. The highest BCUT2D eigenvalue weighted by Crippen LogP contribution is 2.28. The SMILES string of the molecule is C[C@@H](CC(=O)N1CCC[C@@H](CCC(=O)O)C1)c1ccccc1Br. The monoisotopic (exact) mass is 381 g/mol. The van der Waals surface area contributed by atoms with Crippen LogP contribution in [0.4, 0.5) is 0 Å². The summed E-state index contributed by atoms with van der Waals surface area (Å²) >= 11 is 3.55. The minimum atomic E-state index is -0.754. The van der Waals surface area contributed by atoms with Gasteiger partial charge in [0.05, 0.1) is 0 Å². The van der Waals surface area contributed by atoms with E-state index in [1.807, 2.05) is 29.2 Å². The summed E-state index contributed by atoms with van der Waals surface area (Å²) in [6, 6.07) is 8.01. The average molecular weight is 382 g/mol. The number of halogens is 1. The zero-order chi connectivity index (χ0) is 16.8. The Hall–Kier alpha value is -1.36. The Morgan fingerprint density at radius 2 is 2.13 bits per heavy atom. The zero-order valence-electron chi connectivity index (χ0n) is 13.5. The Balaban J connectivity index is 1.89. The van der Waals surface area contributed by atoms with Crippen molar-refractivity contribution in [3.63, 3.8) is 0 Å². The maximum atomic E-state index is 12.6. The molecule has 0 unspecified atom stereocenters. The highest BCUT2D eigenvalue weighted by atomic mass is 79.9. The Kier molecular flexibility index (Phi) is 6.63. The van der Waals surface area contributed by atoms with Crippen LogP contribution in [0.1, 0.15) is 50.5 Å². The van der Waals surface area contributed by atoms with Gasteiger partial charge >= 0.3 is 5.97 Å². The fourth-order valence-corrected chi connectivity index (χ4v) is 3.91. The third-order valence-electron chi connectivity index (χ3n) is 4.56. The molecule has 0 aliphatic carbocycles. The van der Waals surface area contributed by atoms with Crippen molar-refractivity contribution in [3.05, 3.63) is 34.3 Å². The van der Waals surface area contributed by atoms with E-state index in [1.54, 1.807) is 0 Å². The van der Waals surface area contributed by atoms with Crippen LogP contribution in [0.15, 0.2) is 28.7 Å². The number of amides is 1. The van der Waals surface area contributed by atoms with Crippen molar-refractivity contribution >= 4 is 27.8 Å². The molecule has 1 N–H and O–H groups in total. The number of likely N-dealkylation sites (tertiary alicyclic amines) is 1. The fourth-order valence-electron chi connectivity index (χ4n) is 3.23. The lowest BCUT2D eigenvalue weighted by molar-refractivity contribution is -0.137. The van der Waals surface area contributed by atoms with Crippen molar-refractivity contribution in [2.45, 2.75) is 44.9 Å². The van der Waals surface area contributed by atoms with E-state index in [2.05, 4.69) is 22.9 Å². The summed E-state index contributed by atoms with van der Waals surface area (Å²) in [4.78, 5) is 25.2. The summed E-state index contributed by atoms with van der Waals surface area (Å²) in [6.07, 6.45) is 3.35. The first-order chi connectivity index (χ1) is 11.0. The molecule has 1 aliphatic rings. The minimum absolute atomic E-state index is 0.164. The molecule has 1 amide bonds. The third kappa shape index (κ3) is 5.34. The zero-order valence-corrected chi connectivity index (χ0v) is 15.1. The lowest BCUT2D eigenvalue weighted by atomic mass is 9.92. The molecule has 126 valence electrons. The predicted molar refractivity (Wildman–Crippen MR) is 93.3 cm³/mol. The number of carboxylic acid groups (broad SMARTS) is 1. The molecule has 5 heteroatoms. The maximum Gasteiger partial charge on any atom is 0.303 e. The van der Waals surface area contributed by atoms with Gasteiger partial charge in [0.25, 0.3) is 0 Å². The molecule has 4 nitrogen and oxygen atoms in total. The Labute approximate surface area is 146 Å². The molecule has 0 saturated carbocycles. The van der Waals surface area contributed by atoms with Gasteiger partial charge in [-0.3, -0.25) is 9.59 Å². The molecule has 1 fully saturated rings. The molecule has 0 spiro atoms. The molecule has 23 heavy (non-hydrogen) atoms. The van der Waals surface area contributed by atoms with Gasteiger partial charge in [-0.15, -0.1) is 0 Å². The van der Waals surface area contributed by atoms with E-state index in [0.717, 1.165) is 29.4 Å². The lowest BCUT2D eigenvalue weighted by Crippen LogP contribution is -2.40. The average Bonchev–Trinajstić information content (AvgIpc) is 2.53. The van der Waals surface area contributed by atoms with Crippen molar-refractivity contribution < 1.29 is 14.7 Å². The number of hydrogen-bond acceptors (Lipinski definition) is 2. The van der Waals surface area contributed by atoms with Crippen LogP contribution in [0.5, 0.6) is 0 Å². The van der Waals surface area contributed by atoms with E-state index in [4.69, 9.17) is 5.11 Å². The van der Waals surface area contributed by atoms with E-state index in [-0.39, 0.29) is 18.2 Å². The summed E-state index contributed by atoms with van der Waals surface area (Å²) in [5.74, 6) is -0.0932. The van der Waals surface area contributed by atoms with Gasteiger partial charge in [-0.1, -0.05) is 41.1 Å². The number of rotatable bonds is 6. The van der Waals surface area contributed by atoms with Crippen LogP contribution in [0.2, 0.25) is 0 Å². The van der Waals surface area contributed by atoms with Crippen molar-refractivity contribution in [3.8, 4) is 0 Å². The van der Waals surface area contributed by atoms with E-state index < -0.39 is 5.97 Å². The summed E-state index contributed by atoms with van der Waals surface area (Å²) in [5, 5.41) is 8.81. The van der Waals surface area contributed by atoms with Crippen molar-refractivity contribution in [1.29, 1.82) is 0 Å². The number of hydrogen-bond donors (Lipinski definition) is 1. The molecule has 2 atom stereocenters. The second-order valence-electron chi connectivity index (χ2n) is 6.41. The molecule has 0 bridgehead atoms. The normalized spacial score (nSPS) is 19.4. The van der Waals surface area contributed by atoms with E-state index in [1.165, 1.54) is 0 Å². The summed E-state index contributed by atoms with van der Waals surface area (Å²) in [7, 11) is 0. The van der Waals surface area contributed by atoms with Gasteiger partial charge < -0.3 is 10.0 Å². The number of aliphatic carboxylic acids is 1. The van der Waals surface area contributed by atoms with Crippen LogP contribution >= 0.6 is 15.9 Å². The number of carboxylic acids is 1. The number of carbonyl (C=O) groups excluding carboxylic acids is 1.